The predicted octanol–water partition coefficient (Wildman–Crippen LogP) is 3.13. The van der Waals surface area contributed by atoms with Gasteiger partial charge in [-0.25, -0.2) is 0 Å². The third kappa shape index (κ3) is 3.14. The first-order valence-corrected chi connectivity index (χ1v) is 4.52. The summed E-state index contributed by atoms with van der Waals surface area (Å²) in [6, 6.07) is 7.75. The molecular weight excluding hydrogens is 180 g/mol. The second-order valence-electron chi connectivity index (χ2n) is 2.06. The van der Waals surface area contributed by atoms with Gasteiger partial charge in [0.25, 0.3) is 0 Å². The lowest BCUT2D eigenvalue weighted by Gasteiger charge is -1.97. The van der Waals surface area contributed by atoms with E-state index in [2.05, 4.69) is 0 Å². The Morgan fingerprint density at radius 3 is 2.55 bits per heavy atom. The third-order valence-corrected chi connectivity index (χ3v) is 2.20. The standard InChI is InChI=1S/C8H9ClOS/c1-10-11-6-7-2-4-8(9)5-3-7/h2-5H,6H2,1H3. The zero-order valence-corrected chi connectivity index (χ0v) is 7.78. The fourth-order valence-corrected chi connectivity index (χ4v) is 1.28. The van der Waals surface area contributed by atoms with Gasteiger partial charge >= 0.3 is 0 Å². The first kappa shape index (κ1) is 8.91. The van der Waals surface area contributed by atoms with E-state index in [4.69, 9.17) is 15.8 Å². The van der Waals surface area contributed by atoms with Crippen molar-refractivity contribution in [3.8, 4) is 0 Å². The Morgan fingerprint density at radius 2 is 2.00 bits per heavy atom. The van der Waals surface area contributed by atoms with Crippen molar-refractivity contribution in [2.45, 2.75) is 5.75 Å². The summed E-state index contributed by atoms with van der Waals surface area (Å²) in [5, 5.41) is 0.774. The molecule has 3 heteroatoms. The van der Waals surface area contributed by atoms with Crippen LogP contribution in [-0.4, -0.2) is 7.11 Å². The minimum absolute atomic E-state index is 0.774. The molecule has 0 radical (unpaired) electrons. The molecule has 1 aromatic rings. The number of halogens is 1. The summed E-state index contributed by atoms with van der Waals surface area (Å²) in [6.45, 7) is 0. The second kappa shape index (κ2) is 4.65. The van der Waals surface area contributed by atoms with E-state index in [0.29, 0.717) is 0 Å². The lowest BCUT2D eigenvalue weighted by Crippen LogP contribution is -1.78. The highest BCUT2D eigenvalue weighted by Crippen LogP contribution is 2.14. The smallest absolute Gasteiger partial charge is 0.0503 e. The van der Waals surface area contributed by atoms with Crippen LogP contribution in [0.1, 0.15) is 5.56 Å². The molecule has 60 valence electrons. The van der Waals surface area contributed by atoms with Gasteiger partial charge in [0.2, 0.25) is 0 Å². The van der Waals surface area contributed by atoms with Gasteiger partial charge in [-0.2, -0.15) is 0 Å². The molecule has 0 aliphatic rings. The molecule has 0 aliphatic carbocycles. The van der Waals surface area contributed by atoms with Crippen LogP contribution >= 0.6 is 23.6 Å². The van der Waals surface area contributed by atoms with Gasteiger partial charge in [-0.3, -0.25) is 0 Å². The SMILES string of the molecule is COSCc1ccc(Cl)cc1. The van der Waals surface area contributed by atoms with Gasteiger partial charge in [0.15, 0.2) is 0 Å². The van der Waals surface area contributed by atoms with Crippen LogP contribution in [0.4, 0.5) is 0 Å². The van der Waals surface area contributed by atoms with Gasteiger partial charge in [0.05, 0.1) is 7.11 Å². The first-order chi connectivity index (χ1) is 5.33. The molecule has 0 fully saturated rings. The fraction of sp³-hybridized carbons (Fsp3) is 0.250. The quantitative estimate of drug-likeness (QED) is 0.675. The summed E-state index contributed by atoms with van der Waals surface area (Å²) in [5.74, 6) is 0.869. The van der Waals surface area contributed by atoms with E-state index in [1.165, 1.54) is 17.6 Å². The molecule has 0 aliphatic heterocycles. The molecule has 0 aromatic heterocycles. The van der Waals surface area contributed by atoms with Crippen LogP contribution in [0.3, 0.4) is 0 Å². The van der Waals surface area contributed by atoms with E-state index in [9.17, 15) is 0 Å². The van der Waals surface area contributed by atoms with Crippen molar-refractivity contribution in [1.29, 1.82) is 0 Å². The molecular formula is C8H9ClOS. The van der Waals surface area contributed by atoms with E-state index >= 15 is 0 Å². The summed E-state index contributed by atoms with van der Waals surface area (Å²) in [4.78, 5) is 0. The van der Waals surface area contributed by atoms with Crippen LogP contribution in [0, 0.1) is 0 Å². The normalized spacial score (nSPS) is 10.0. The van der Waals surface area contributed by atoms with Crippen molar-refractivity contribution < 1.29 is 4.18 Å². The molecule has 0 heterocycles. The van der Waals surface area contributed by atoms with Crippen molar-refractivity contribution in [3.05, 3.63) is 34.9 Å². The molecule has 1 rings (SSSR count). The van der Waals surface area contributed by atoms with Crippen molar-refractivity contribution in [1.82, 2.24) is 0 Å². The minimum atomic E-state index is 0.774. The Hall–Kier alpha value is -0.180. The summed E-state index contributed by atoms with van der Waals surface area (Å²) in [6.07, 6.45) is 0. The maximum Gasteiger partial charge on any atom is 0.0503 e. The Labute approximate surface area is 75.9 Å². The molecule has 0 saturated heterocycles. The topological polar surface area (TPSA) is 9.23 Å². The lowest BCUT2D eigenvalue weighted by molar-refractivity contribution is 0.489. The fourth-order valence-electron chi connectivity index (χ4n) is 0.708. The summed E-state index contributed by atoms with van der Waals surface area (Å²) in [7, 11) is 1.67. The molecule has 0 saturated carbocycles. The van der Waals surface area contributed by atoms with E-state index < -0.39 is 0 Å². The highest BCUT2D eigenvalue weighted by molar-refractivity contribution is 7.93. The summed E-state index contributed by atoms with van der Waals surface area (Å²) >= 11 is 7.13. The molecule has 0 amide bonds. The van der Waals surface area contributed by atoms with Gasteiger partial charge in [0.1, 0.15) is 0 Å². The average molecular weight is 189 g/mol. The Morgan fingerprint density at radius 1 is 1.36 bits per heavy atom. The zero-order chi connectivity index (χ0) is 8.10. The Balaban J connectivity index is 2.52. The Bertz CT molecular complexity index is 210. The molecule has 1 aromatic carbocycles. The molecule has 11 heavy (non-hydrogen) atoms. The lowest BCUT2D eigenvalue weighted by atomic mass is 10.2. The van der Waals surface area contributed by atoms with E-state index in [-0.39, 0.29) is 0 Å². The van der Waals surface area contributed by atoms with Crippen molar-refractivity contribution in [2.75, 3.05) is 7.11 Å². The first-order valence-electron chi connectivity index (χ1n) is 3.23. The van der Waals surface area contributed by atoms with Crippen LogP contribution < -0.4 is 0 Å². The predicted molar refractivity (Wildman–Crippen MR) is 49.8 cm³/mol. The average Bonchev–Trinajstić information content (AvgIpc) is 2.04. The van der Waals surface area contributed by atoms with E-state index in [1.807, 2.05) is 24.3 Å². The van der Waals surface area contributed by atoms with E-state index in [0.717, 1.165) is 10.8 Å². The minimum Gasteiger partial charge on any atom is -0.318 e. The molecule has 1 nitrogen and oxygen atoms in total. The molecule has 0 unspecified atom stereocenters. The maximum atomic E-state index is 5.71. The highest BCUT2D eigenvalue weighted by Gasteiger charge is 1.91. The van der Waals surface area contributed by atoms with Crippen molar-refractivity contribution >= 4 is 23.6 Å². The summed E-state index contributed by atoms with van der Waals surface area (Å²) < 4.78 is 4.86. The van der Waals surface area contributed by atoms with Gasteiger partial charge in [0, 0.05) is 10.8 Å². The third-order valence-electron chi connectivity index (χ3n) is 1.26. The van der Waals surface area contributed by atoms with Crippen LogP contribution in [0.2, 0.25) is 5.02 Å². The number of rotatable bonds is 3. The van der Waals surface area contributed by atoms with Crippen molar-refractivity contribution in [3.63, 3.8) is 0 Å². The number of benzene rings is 1. The zero-order valence-electron chi connectivity index (χ0n) is 6.21. The van der Waals surface area contributed by atoms with Gasteiger partial charge in [-0.1, -0.05) is 23.7 Å². The molecule has 0 bridgehead atoms. The van der Waals surface area contributed by atoms with Crippen LogP contribution in [0.25, 0.3) is 0 Å². The van der Waals surface area contributed by atoms with Crippen LogP contribution in [0.15, 0.2) is 24.3 Å². The number of hydrogen-bond donors (Lipinski definition) is 0. The Kier molecular flexibility index (Phi) is 3.77. The molecule has 0 atom stereocenters. The van der Waals surface area contributed by atoms with Gasteiger partial charge in [-0.15, -0.1) is 0 Å². The summed E-state index contributed by atoms with van der Waals surface area (Å²) in [5.41, 5.74) is 1.22. The van der Waals surface area contributed by atoms with Gasteiger partial charge in [-0.05, 0) is 29.7 Å². The molecule has 0 spiro atoms. The highest BCUT2D eigenvalue weighted by atomic mass is 35.5. The van der Waals surface area contributed by atoms with Crippen LogP contribution in [0.5, 0.6) is 0 Å². The monoisotopic (exact) mass is 188 g/mol. The van der Waals surface area contributed by atoms with E-state index in [1.54, 1.807) is 7.11 Å². The largest absolute Gasteiger partial charge is 0.318 e. The van der Waals surface area contributed by atoms with Crippen LogP contribution in [-0.2, 0) is 9.94 Å². The van der Waals surface area contributed by atoms with Crippen molar-refractivity contribution in [2.24, 2.45) is 0 Å². The molecule has 0 N–H and O–H groups in total. The number of hydrogen-bond acceptors (Lipinski definition) is 2. The maximum absolute atomic E-state index is 5.71. The second-order valence-corrected chi connectivity index (χ2v) is 3.35. The van der Waals surface area contributed by atoms with Gasteiger partial charge < -0.3 is 4.18 Å².